The van der Waals surface area contributed by atoms with E-state index in [4.69, 9.17) is 0 Å². The summed E-state index contributed by atoms with van der Waals surface area (Å²) in [6.07, 6.45) is 2.49. The third-order valence-electron chi connectivity index (χ3n) is 5.74. The zero-order valence-electron chi connectivity index (χ0n) is 18.9. The van der Waals surface area contributed by atoms with Gasteiger partial charge in [-0.05, 0) is 69.7 Å². The molecule has 0 unspecified atom stereocenters. The van der Waals surface area contributed by atoms with Crippen molar-refractivity contribution in [2.45, 2.75) is 34.1 Å². The number of nitrogens with zero attached hydrogens (tertiary/aromatic N) is 1. The van der Waals surface area contributed by atoms with Crippen LogP contribution in [-0.2, 0) is 4.79 Å². The molecule has 8 heteroatoms. The molecule has 0 saturated heterocycles. The van der Waals surface area contributed by atoms with Crippen molar-refractivity contribution in [1.29, 1.82) is 0 Å². The van der Waals surface area contributed by atoms with Crippen LogP contribution in [0.4, 0.5) is 5.69 Å². The second kappa shape index (κ2) is 10.3. The Morgan fingerprint density at radius 3 is 2.59 bits per heavy atom. The van der Waals surface area contributed by atoms with Crippen molar-refractivity contribution in [3.63, 3.8) is 0 Å². The second-order valence-corrected chi connectivity index (χ2v) is 8.72. The van der Waals surface area contributed by atoms with Gasteiger partial charge in [-0.15, -0.1) is 0 Å². The van der Waals surface area contributed by atoms with Crippen molar-refractivity contribution in [1.82, 2.24) is 15.2 Å². The van der Waals surface area contributed by atoms with Crippen LogP contribution >= 0.6 is 15.9 Å². The van der Waals surface area contributed by atoms with E-state index in [9.17, 15) is 14.4 Å². The number of hydrogen-bond acceptors (Lipinski definition) is 4. The van der Waals surface area contributed by atoms with Crippen LogP contribution in [0.3, 0.4) is 0 Å². The molecule has 1 aromatic heterocycles. The maximum absolute atomic E-state index is 12.8. The summed E-state index contributed by atoms with van der Waals surface area (Å²) in [4.78, 5) is 43.1. The van der Waals surface area contributed by atoms with Crippen LogP contribution in [-0.4, -0.2) is 53.7 Å². The molecule has 2 amide bonds. The molecule has 170 valence electrons. The molecular formula is C24H29BrN4O3. The van der Waals surface area contributed by atoms with E-state index in [0.717, 1.165) is 36.1 Å². The van der Waals surface area contributed by atoms with E-state index in [-0.39, 0.29) is 17.6 Å². The summed E-state index contributed by atoms with van der Waals surface area (Å²) in [6.45, 7) is 10.9. The molecule has 2 heterocycles. The normalized spacial score (nSPS) is 14.1. The van der Waals surface area contributed by atoms with Crippen molar-refractivity contribution >= 4 is 50.9 Å². The minimum absolute atomic E-state index is 0.168. The fraction of sp³-hybridized carbons (Fsp3) is 0.375. The lowest BCUT2D eigenvalue weighted by atomic mass is 10.0. The van der Waals surface area contributed by atoms with Gasteiger partial charge in [-0.1, -0.05) is 29.8 Å². The molecular weight excluding hydrogens is 472 g/mol. The van der Waals surface area contributed by atoms with Crippen LogP contribution in [0.25, 0.3) is 11.6 Å². The minimum atomic E-state index is -0.256. The Bertz CT molecular complexity index is 1080. The Hall–Kier alpha value is -2.71. The number of carbonyl (C=O) groups excluding carboxylic acids is 3. The van der Waals surface area contributed by atoms with Crippen molar-refractivity contribution in [2.24, 2.45) is 0 Å². The fourth-order valence-corrected chi connectivity index (χ4v) is 4.35. The number of halogens is 1. The van der Waals surface area contributed by atoms with Crippen molar-refractivity contribution in [2.75, 3.05) is 31.5 Å². The molecule has 1 aromatic carbocycles. The van der Waals surface area contributed by atoms with Gasteiger partial charge in [0.2, 0.25) is 0 Å². The van der Waals surface area contributed by atoms with Gasteiger partial charge in [-0.3, -0.25) is 14.4 Å². The monoisotopic (exact) mass is 500 g/mol. The van der Waals surface area contributed by atoms with E-state index in [2.05, 4.69) is 50.3 Å². The lowest BCUT2D eigenvalue weighted by molar-refractivity contribution is -0.110. The number of carbonyl (C=O) groups is 3. The van der Waals surface area contributed by atoms with Gasteiger partial charge in [0.15, 0.2) is 5.78 Å². The van der Waals surface area contributed by atoms with Gasteiger partial charge in [0, 0.05) is 27.8 Å². The summed E-state index contributed by atoms with van der Waals surface area (Å²) in [5.41, 5.74) is 3.70. The second-order valence-electron chi connectivity index (χ2n) is 7.81. The first kappa shape index (κ1) is 23.9. The van der Waals surface area contributed by atoms with Crippen LogP contribution in [0, 0.1) is 6.92 Å². The first-order chi connectivity index (χ1) is 15.3. The zero-order valence-corrected chi connectivity index (χ0v) is 20.5. The van der Waals surface area contributed by atoms with Crippen molar-refractivity contribution < 1.29 is 14.4 Å². The molecule has 0 fully saturated rings. The first-order valence-corrected chi connectivity index (χ1v) is 11.6. The predicted octanol–water partition coefficient (Wildman–Crippen LogP) is 4.24. The SMILES string of the molecule is CCN(CC)CCCNC(=O)c1[nH]c(/C=C2\C(=O)Nc3ccc(Br)cc32)c(C(C)=O)c1C. The van der Waals surface area contributed by atoms with E-state index < -0.39 is 0 Å². The number of aromatic amines is 1. The summed E-state index contributed by atoms with van der Waals surface area (Å²) in [5.74, 6) is -0.672. The van der Waals surface area contributed by atoms with Crippen LogP contribution < -0.4 is 10.6 Å². The van der Waals surface area contributed by atoms with Crippen LogP contribution in [0.2, 0.25) is 0 Å². The number of hydrogen-bond donors (Lipinski definition) is 3. The average Bonchev–Trinajstić information content (AvgIpc) is 3.24. The van der Waals surface area contributed by atoms with Gasteiger partial charge in [0.1, 0.15) is 5.69 Å². The Labute approximate surface area is 196 Å². The Balaban J connectivity index is 1.86. The highest BCUT2D eigenvalue weighted by Gasteiger charge is 2.27. The van der Waals surface area contributed by atoms with Crippen LogP contribution in [0.5, 0.6) is 0 Å². The van der Waals surface area contributed by atoms with E-state index in [1.807, 2.05) is 18.2 Å². The lowest BCUT2D eigenvalue weighted by Gasteiger charge is -2.17. The number of amides is 2. The van der Waals surface area contributed by atoms with E-state index in [0.29, 0.717) is 40.3 Å². The van der Waals surface area contributed by atoms with E-state index >= 15 is 0 Å². The number of Topliss-reactive ketones (excluding diaryl/α,β-unsaturated/α-hetero) is 1. The van der Waals surface area contributed by atoms with Gasteiger partial charge in [-0.2, -0.15) is 0 Å². The van der Waals surface area contributed by atoms with Gasteiger partial charge < -0.3 is 20.5 Å². The van der Waals surface area contributed by atoms with E-state index in [1.165, 1.54) is 6.92 Å². The molecule has 0 atom stereocenters. The van der Waals surface area contributed by atoms with Gasteiger partial charge in [0.05, 0.1) is 11.3 Å². The summed E-state index contributed by atoms with van der Waals surface area (Å²) < 4.78 is 0.845. The molecule has 1 aliphatic rings. The lowest BCUT2D eigenvalue weighted by Crippen LogP contribution is -2.30. The van der Waals surface area contributed by atoms with Crippen LogP contribution in [0.1, 0.15) is 64.9 Å². The number of rotatable bonds is 9. The molecule has 2 aromatic rings. The Morgan fingerprint density at radius 2 is 1.94 bits per heavy atom. The largest absolute Gasteiger partial charge is 0.351 e. The number of fused-ring (bicyclic) bond motifs is 1. The van der Waals surface area contributed by atoms with Gasteiger partial charge >= 0.3 is 0 Å². The van der Waals surface area contributed by atoms with Gasteiger partial charge in [0.25, 0.3) is 11.8 Å². The van der Waals surface area contributed by atoms with Crippen molar-refractivity contribution in [3.05, 3.63) is 50.8 Å². The molecule has 7 nitrogen and oxygen atoms in total. The third-order valence-corrected chi connectivity index (χ3v) is 6.24. The fourth-order valence-electron chi connectivity index (χ4n) is 3.99. The third kappa shape index (κ3) is 5.02. The molecule has 0 aliphatic carbocycles. The molecule has 3 rings (SSSR count). The molecule has 1 aliphatic heterocycles. The Morgan fingerprint density at radius 1 is 1.22 bits per heavy atom. The topological polar surface area (TPSA) is 94.3 Å². The van der Waals surface area contributed by atoms with Crippen molar-refractivity contribution in [3.8, 4) is 0 Å². The van der Waals surface area contributed by atoms with Crippen LogP contribution in [0.15, 0.2) is 22.7 Å². The predicted molar refractivity (Wildman–Crippen MR) is 131 cm³/mol. The summed E-state index contributed by atoms with van der Waals surface area (Å²) in [6, 6.07) is 5.53. The molecule has 0 spiro atoms. The molecule has 32 heavy (non-hydrogen) atoms. The Kier molecular flexibility index (Phi) is 7.69. The highest BCUT2D eigenvalue weighted by atomic mass is 79.9. The number of nitrogens with one attached hydrogen (secondary N) is 3. The molecule has 0 radical (unpaired) electrons. The number of aromatic nitrogens is 1. The van der Waals surface area contributed by atoms with Gasteiger partial charge in [-0.25, -0.2) is 0 Å². The summed E-state index contributed by atoms with van der Waals surface area (Å²) in [7, 11) is 0. The highest BCUT2D eigenvalue weighted by molar-refractivity contribution is 9.10. The number of ketones is 1. The highest BCUT2D eigenvalue weighted by Crippen LogP contribution is 2.35. The average molecular weight is 501 g/mol. The number of benzene rings is 1. The number of anilines is 1. The summed E-state index contributed by atoms with van der Waals surface area (Å²) in [5, 5.41) is 5.76. The maximum Gasteiger partial charge on any atom is 0.268 e. The number of H-pyrrole nitrogens is 1. The zero-order chi connectivity index (χ0) is 23.4. The first-order valence-electron chi connectivity index (χ1n) is 10.8. The molecule has 0 saturated carbocycles. The quantitative estimate of drug-likeness (QED) is 0.272. The molecule has 3 N–H and O–H groups in total. The summed E-state index contributed by atoms with van der Waals surface area (Å²) >= 11 is 3.43. The molecule has 0 bridgehead atoms. The maximum atomic E-state index is 12.8. The minimum Gasteiger partial charge on any atom is -0.351 e. The van der Waals surface area contributed by atoms with E-state index in [1.54, 1.807) is 13.0 Å². The standard InChI is InChI=1S/C24H29BrN4O3/c1-5-29(6-2)11-7-10-26-24(32)22-14(3)21(15(4)30)20(27-22)13-18-17-12-16(25)8-9-19(17)28-23(18)31/h8-9,12-13,27H,5-7,10-11H2,1-4H3,(H,26,32)(H,28,31)/b18-13-. The smallest absolute Gasteiger partial charge is 0.268 e.